The van der Waals surface area contributed by atoms with E-state index in [0.717, 1.165) is 6.42 Å². The summed E-state index contributed by atoms with van der Waals surface area (Å²) >= 11 is 0. The largest absolute Gasteiger partial charge is 0.313 e. The molecule has 0 aliphatic rings. The van der Waals surface area contributed by atoms with Crippen molar-refractivity contribution in [1.29, 1.82) is 0 Å². The van der Waals surface area contributed by atoms with E-state index in [0.29, 0.717) is 6.04 Å². The number of rotatable bonds is 6. The van der Waals surface area contributed by atoms with Gasteiger partial charge in [0.1, 0.15) is 0 Å². The molecule has 0 bridgehead atoms. The quantitative estimate of drug-likeness (QED) is 0.550. The van der Waals surface area contributed by atoms with Gasteiger partial charge < -0.3 is 5.32 Å². The molecule has 82 valence electrons. The van der Waals surface area contributed by atoms with Gasteiger partial charge in [0.25, 0.3) is 0 Å². The van der Waals surface area contributed by atoms with Crippen LogP contribution in [-0.2, 0) is 0 Å². The first-order valence-corrected chi connectivity index (χ1v) is 5.62. The maximum Gasteiger partial charge on any atom is 0.0317 e. The van der Waals surface area contributed by atoms with Gasteiger partial charge in [-0.15, -0.1) is 6.58 Å². The number of hydrogen-bond acceptors (Lipinski definition) is 1. The first-order chi connectivity index (χ1) is 7.27. The molecule has 1 heteroatoms. The fraction of sp³-hybridized carbons (Fsp3) is 0.429. The average molecular weight is 203 g/mol. The molecule has 1 N–H and O–H groups in total. The van der Waals surface area contributed by atoms with E-state index in [-0.39, 0.29) is 0 Å². The van der Waals surface area contributed by atoms with Crippen molar-refractivity contribution in [3.8, 4) is 0 Å². The summed E-state index contributed by atoms with van der Waals surface area (Å²) in [5.41, 5.74) is 2.72. The van der Waals surface area contributed by atoms with Crippen LogP contribution >= 0.6 is 0 Å². The highest BCUT2D eigenvalue weighted by Gasteiger charge is 2.07. The van der Waals surface area contributed by atoms with Gasteiger partial charge in [-0.3, -0.25) is 0 Å². The van der Waals surface area contributed by atoms with Crippen LogP contribution in [0.2, 0.25) is 0 Å². The third-order valence-electron chi connectivity index (χ3n) is 2.69. The summed E-state index contributed by atoms with van der Waals surface area (Å²) in [6.07, 6.45) is 5.46. The van der Waals surface area contributed by atoms with Crippen LogP contribution in [0, 0.1) is 6.92 Å². The smallest absolute Gasteiger partial charge is 0.0317 e. The molecule has 1 aromatic carbocycles. The molecule has 1 nitrogen and oxygen atoms in total. The standard InChI is InChI=1S/C14H21N/c1-4-5-6-10-14(15-3)13-9-7-8-12(2)11-13/h4,7-9,11,14-15H,1,5-6,10H2,2-3H3. The lowest BCUT2D eigenvalue weighted by molar-refractivity contribution is 0.530. The van der Waals surface area contributed by atoms with Crippen molar-refractivity contribution >= 4 is 0 Å². The van der Waals surface area contributed by atoms with E-state index >= 15 is 0 Å². The monoisotopic (exact) mass is 203 g/mol. The Hall–Kier alpha value is -1.08. The van der Waals surface area contributed by atoms with Crippen molar-refractivity contribution in [1.82, 2.24) is 5.32 Å². The van der Waals surface area contributed by atoms with E-state index in [2.05, 4.69) is 43.1 Å². The number of unbranched alkanes of at least 4 members (excludes halogenated alkanes) is 1. The highest BCUT2D eigenvalue weighted by atomic mass is 14.9. The zero-order chi connectivity index (χ0) is 11.1. The van der Waals surface area contributed by atoms with Crippen LogP contribution in [0.1, 0.15) is 36.4 Å². The predicted molar refractivity (Wildman–Crippen MR) is 67.0 cm³/mol. The Morgan fingerprint density at radius 2 is 2.27 bits per heavy atom. The van der Waals surface area contributed by atoms with Crippen molar-refractivity contribution in [3.05, 3.63) is 48.0 Å². The lowest BCUT2D eigenvalue weighted by atomic mass is 9.99. The Kier molecular flexibility index (Phi) is 5.13. The highest BCUT2D eigenvalue weighted by molar-refractivity contribution is 5.24. The third kappa shape index (κ3) is 3.88. The molecule has 1 aromatic rings. The molecule has 0 spiro atoms. The number of benzene rings is 1. The van der Waals surface area contributed by atoms with Crippen LogP contribution in [0.15, 0.2) is 36.9 Å². The minimum Gasteiger partial charge on any atom is -0.313 e. The van der Waals surface area contributed by atoms with Crippen molar-refractivity contribution in [2.45, 2.75) is 32.2 Å². The number of hydrogen-bond donors (Lipinski definition) is 1. The van der Waals surface area contributed by atoms with E-state index in [1.807, 2.05) is 13.1 Å². The number of allylic oxidation sites excluding steroid dienone is 1. The first kappa shape index (κ1) is 12.0. The highest BCUT2D eigenvalue weighted by Crippen LogP contribution is 2.19. The van der Waals surface area contributed by atoms with E-state index in [9.17, 15) is 0 Å². The molecule has 0 aliphatic carbocycles. The van der Waals surface area contributed by atoms with Crippen molar-refractivity contribution in [2.24, 2.45) is 0 Å². The predicted octanol–water partition coefficient (Wildman–Crippen LogP) is 3.61. The second kappa shape index (κ2) is 6.41. The number of aryl methyl sites for hydroxylation is 1. The zero-order valence-corrected chi connectivity index (χ0v) is 9.79. The van der Waals surface area contributed by atoms with Crippen LogP contribution < -0.4 is 5.32 Å². The molecule has 0 saturated carbocycles. The van der Waals surface area contributed by atoms with Gasteiger partial charge >= 0.3 is 0 Å². The third-order valence-corrected chi connectivity index (χ3v) is 2.69. The van der Waals surface area contributed by atoms with Crippen LogP contribution in [0.5, 0.6) is 0 Å². The van der Waals surface area contributed by atoms with Gasteiger partial charge in [-0.25, -0.2) is 0 Å². The zero-order valence-electron chi connectivity index (χ0n) is 9.79. The molecule has 0 amide bonds. The first-order valence-electron chi connectivity index (χ1n) is 5.62. The second-order valence-corrected chi connectivity index (χ2v) is 3.97. The summed E-state index contributed by atoms with van der Waals surface area (Å²) in [7, 11) is 2.03. The lowest BCUT2D eigenvalue weighted by Crippen LogP contribution is -2.16. The summed E-state index contributed by atoms with van der Waals surface area (Å²) in [6, 6.07) is 9.20. The van der Waals surface area contributed by atoms with Gasteiger partial charge in [0, 0.05) is 6.04 Å². The van der Waals surface area contributed by atoms with E-state index in [1.54, 1.807) is 0 Å². The fourth-order valence-electron chi connectivity index (χ4n) is 1.83. The molecule has 1 rings (SSSR count). The molecule has 0 aliphatic heterocycles. The van der Waals surface area contributed by atoms with Gasteiger partial charge in [-0.05, 0) is 38.8 Å². The van der Waals surface area contributed by atoms with E-state index in [4.69, 9.17) is 0 Å². The summed E-state index contributed by atoms with van der Waals surface area (Å²) in [6.45, 7) is 5.89. The fourth-order valence-corrected chi connectivity index (χ4v) is 1.83. The molecule has 15 heavy (non-hydrogen) atoms. The lowest BCUT2D eigenvalue weighted by Gasteiger charge is -2.16. The van der Waals surface area contributed by atoms with Crippen LogP contribution in [0.25, 0.3) is 0 Å². The molecule has 0 fully saturated rings. The van der Waals surface area contributed by atoms with E-state index < -0.39 is 0 Å². The van der Waals surface area contributed by atoms with Crippen LogP contribution in [0.4, 0.5) is 0 Å². The van der Waals surface area contributed by atoms with Crippen molar-refractivity contribution < 1.29 is 0 Å². The van der Waals surface area contributed by atoms with Gasteiger partial charge in [0.05, 0.1) is 0 Å². The molecule has 0 heterocycles. The van der Waals surface area contributed by atoms with Crippen molar-refractivity contribution in [3.63, 3.8) is 0 Å². The topological polar surface area (TPSA) is 12.0 Å². The Bertz CT molecular complexity index is 304. The Morgan fingerprint density at radius 3 is 2.87 bits per heavy atom. The molecule has 1 unspecified atom stereocenters. The number of nitrogens with one attached hydrogen (secondary N) is 1. The van der Waals surface area contributed by atoms with E-state index in [1.165, 1.54) is 24.0 Å². The Balaban J connectivity index is 2.61. The molecular formula is C14H21N. The minimum atomic E-state index is 0.477. The van der Waals surface area contributed by atoms with Crippen LogP contribution in [0.3, 0.4) is 0 Å². The normalized spacial score (nSPS) is 12.4. The average Bonchev–Trinajstić information content (AvgIpc) is 2.24. The summed E-state index contributed by atoms with van der Waals surface area (Å²) in [4.78, 5) is 0. The van der Waals surface area contributed by atoms with Crippen molar-refractivity contribution in [2.75, 3.05) is 7.05 Å². The summed E-state index contributed by atoms with van der Waals surface area (Å²) < 4.78 is 0. The maximum absolute atomic E-state index is 3.75. The van der Waals surface area contributed by atoms with Gasteiger partial charge in [0.2, 0.25) is 0 Å². The molecule has 0 radical (unpaired) electrons. The molecule has 1 atom stereocenters. The summed E-state index contributed by atoms with van der Waals surface area (Å²) in [5.74, 6) is 0. The SMILES string of the molecule is C=CCCCC(NC)c1cccc(C)c1. The van der Waals surface area contributed by atoms with Crippen LogP contribution in [-0.4, -0.2) is 7.05 Å². The van der Waals surface area contributed by atoms with Gasteiger partial charge in [-0.1, -0.05) is 35.9 Å². The second-order valence-electron chi connectivity index (χ2n) is 3.97. The summed E-state index contributed by atoms with van der Waals surface area (Å²) in [5, 5.41) is 3.37. The van der Waals surface area contributed by atoms with Gasteiger partial charge in [0.15, 0.2) is 0 Å². The van der Waals surface area contributed by atoms with Gasteiger partial charge in [-0.2, -0.15) is 0 Å². The minimum absolute atomic E-state index is 0.477. The molecule has 0 aromatic heterocycles. The Morgan fingerprint density at radius 1 is 1.47 bits per heavy atom. The maximum atomic E-state index is 3.75. The molecular weight excluding hydrogens is 182 g/mol. The Labute approximate surface area is 93.2 Å². The molecule has 0 saturated heterocycles.